The lowest BCUT2D eigenvalue weighted by Gasteiger charge is -2.08. The largest absolute Gasteiger partial charge is 0.298 e. The number of carbonyl (C=O) groups excluding carboxylic acids is 1. The van der Waals surface area contributed by atoms with Crippen LogP contribution in [0.2, 0.25) is 0 Å². The molecule has 0 N–H and O–H groups in total. The van der Waals surface area contributed by atoms with Gasteiger partial charge in [0.15, 0.2) is 0 Å². The summed E-state index contributed by atoms with van der Waals surface area (Å²) < 4.78 is 0. The summed E-state index contributed by atoms with van der Waals surface area (Å²) in [5.74, 6) is 0. The van der Waals surface area contributed by atoms with Crippen molar-refractivity contribution >= 4 is 12.0 Å². The molecule has 0 unspecified atom stereocenters. The van der Waals surface area contributed by atoms with Gasteiger partial charge in [0.1, 0.15) is 6.29 Å². The minimum Gasteiger partial charge on any atom is -0.298 e. The maximum absolute atomic E-state index is 11.1. The predicted octanol–water partition coefficient (Wildman–Crippen LogP) is 4.42. The molecule has 0 aliphatic rings. The predicted molar refractivity (Wildman–Crippen MR) is 82.5 cm³/mol. The second-order valence-corrected chi connectivity index (χ2v) is 4.94. The first-order valence-electron chi connectivity index (χ1n) is 6.98. The van der Waals surface area contributed by atoms with E-state index in [-0.39, 0.29) is 5.69 Å². The van der Waals surface area contributed by atoms with Gasteiger partial charge >= 0.3 is 0 Å². The van der Waals surface area contributed by atoms with Crippen molar-refractivity contribution in [3.05, 3.63) is 63.7 Å². The van der Waals surface area contributed by atoms with Crippen molar-refractivity contribution in [2.24, 2.45) is 0 Å². The van der Waals surface area contributed by atoms with E-state index in [9.17, 15) is 14.9 Å². The molecule has 0 amide bonds. The van der Waals surface area contributed by atoms with E-state index in [1.54, 1.807) is 12.1 Å². The number of non-ortho nitro benzene ring substituents is 1. The van der Waals surface area contributed by atoms with Crippen LogP contribution in [0.15, 0.2) is 42.5 Å². The molecule has 2 rings (SSSR count). The van der Waals surface area contributed by atoms with E-state index in [0.717, 1.165) is 42.2 Å². The highest BCUT2D eigenvalue weighted by Gasteiger charge is 2.08. The van der Waals surface area contributed by atoms with Crippen LogP contribution < -0.4 is 0 Å². The molecule has 0 aliphatic heterocycles. The zero-order chi connectivity index (χ0) is 15.2. The fourth-order valence-electron chi connectivity index (χ4n) is 2.26. The summed E-state index contributed by atoms with van der Waals surface area (Å²) in [6.45, 7) is 2.11. The molecule has 2 aromatic carbocycles. The Morgan fingerprint density at radius 2 is 1.76 bits per heavy atom. The van der Waals surface area contributed by atoms with Crippen molar-refractivity contribution < 1.29 is 9.72 Å². The zero-order valence-corrected chi connectivity index (χ0v) is 11.9. The molecule has 0 radical (unpaired) electrons. The molecule has 0 aliphatic carbocycles. The topological polar surface area (TPSA) is 60.2 Å². The van der Waals surface area contributed by atoms with Crippen LogP contribution in [0.25, 0.3) is 11.1 Å². The van der Waals surface area contributed by atoms with Gasteiger partial charge in [-0.3, -0.25) is 14.9 Å². The first kappa shape index (κ1) is 14.9. The molecule has 0 bridgehead atoms. The molecule has 0 aromatic heterocycles. The Morgan fingerprint density at radius 1 is 1.10 bits per heavy atom. The van der Waals surface area contributed by atoms with Crippen LogP contribution in [-0.2, 0) is 6.42 Å². The standard InChI is InChI=1S/C17H17NO3/c1-2-3-4-14-11-15(5-6-16(14)12-19)13-7-9-17(10-8-13)18(20)21/h5-12H,2-4H2,1H3. The number of aryl methyl sites for hydroxylation is 1. The van der Waals surface area contributed by atoms with Gasteiger partial charge in [0.2, 0.25) is 0 Å². The van der Waals surface area contributed by atoms with Crippen molar-refractivity contribution in [1.29, 1.82) is 0 Å². The molecule has 0 spiro atoms. The Morgan fingerprint density at radius 3 is 2.33 bits per heavy atom. The summed E-state index contributed by atoms with van der Waals surface area (Å²) in [5, 5.41) is 10.7. The van der Waals surface area contributed by atoms with Crippen LogP contribution >= 0.6 is 0 Å². The maximum atomic E-state index is 11.1. The number of hydrogen-bond acceptors (Lipinski definition) is 3. The normalized spacial score (nSPS) is 10.3. The van der Waals surface area contributed by atoms with Crippen molar-refractivity contribution in [2.75, 3.05) is 0 Å². The molecule has 4 heteroatoms. The molecule has 0 saturated carbocycles. The van der Waals surface area contributed by atoms with Gasteiger partial charge in [0.25, 0.3) is 5.69 Å². The number of benzene rings is 2. The van der Waals surface area contributed by atoms with Crippen molar-refractivity contribution in [2.45, 2.75) is 26.2 Å². The average molecular weight is 283 g/mol. The monoisotopic (exact) mass is 283 g/mol. The Labute approximate surface area is 123 Å². The summed E-state index contributed by atoms with van der Waals surface area (Å²) in [5.41, 5.74) is 3.71. The van der Waals surface area contributed by atoms with Gasteiger partial charge in [-0.15, -0.1) is 0 Å². The van der Waals surface area contributed by atoms with Gasteiger partial charge in [-0.2, -0.15) is 0 Å². The van der Waals surface area contributed by atoms with Gasteiger partial charge in [-0.1, -0.05) is 31.5 Å². The first-order chi connectivity index (χ1) is 10.2. The summed E-state index contributed by atoms with van der Waals surface area (Å²) in [7, 11) is 0. The van der Waals surface area contributed by atoms with Crippen LogP contribution in [0, 0.1) is 10.1 Å². The number of rotatable bonds is 6. The SMILES string of the molecule is CCCCc1cc(-c2ccc([N+](=O)[O-])cc2)ccc1C=O. The minimum atomic E-state index is -0.411. The highest BCUT2D eigenvalue weighted by Crippen LogP contribution is 2.25. The van der Waals surface area contributed by atoms with E-state index in [1.165, 1.54) is 12.1 Å². The third-order valence-corrected chi connectivity index (χ3v) is 3.48. The summed E-state index contributed by atoms with van der Waals surface area (Å²) in [6, 6.07) is 12.1. The Hall–Kier alpha value is -2.49. The molecule has 108 valence electrons. The van der Waals surface area contributed by atoms with Gasteiger partial charge in [-0.25, -0.2) is 0 Å². The minimum absolute atomic E-state index is 0.0782. The number of nitro groups is 1. The van der Waals surface area contributed by atoms with Gasteiger partial charge in [0, 0.05) is 17.7 Å². The molecular formula is C17H17NO3. The number of unbranched alkanes of at least 4 members (excludes halogenated alkanes) is 1. The maximum Gasteiger partial charge on any atom is 0.269 e. The second-order valence-electron chi connectivity index (χ2n) is 4.94. The summed E-state index contributed by atoms with van der Waals surface area (Å²) in [6.07, 6.45) is 3.85. The van der Waals surface area contributed by atoms with Crippen molar-refractivity contribution in [3.63, 3.8) is 0 Å². The highest BCUT2D eigenvalue weighted by molar-refractivity contribution is 5.79. The van der Waals surface area contributed by atoms with E-state index < -0.39 is 4.92 Å². The molecule has 21 heavy (non-hydrogen) atoms. The number of hydrogen-bond donors (Lipinski definition) is 0. The Balaban J connectivity index is 2.34. The number of carbonyl (C=O) groups is 1. The summed E-state index contributed by atoms with van der Waals surface area (Å²) >= 11 is 0. The Kier molecular flexibility index (Phi) is 4.82. The van der Waals surface area contributed by atoms with E-state index in [4.69, 9.17) is 0 Å². The van der Waals surface area contributed by atoms with Gasteiger partial charge in [-0.05, 0) is 41.7 Å². The molecule has 0 saturated heterocycles. The first-order valence-corrected chi connectivity index (χ1v) is 6.98. The van der Waals surface area contributed by atoms with Crippen LogP contribution in [0.3, 0.4) is 0 Å². The van der Waals surface area contributed by atoms with Crippen LogP contribution in [0.5, 0.6) is 0 Å². The van der Waals surface area contributed by atoms with Gasteiger partial charge < -0.3 is 0 Å². The molecular weight excluding hydrogens is 266 g/mol. The lowest BCUT2D eigenvalue weighted by Crippen LogP contribution is -1.94. The van der Waals surface area contributed by atoms with Crippen LogP contribution in [-0.4, -0.2) is 11.2 Å². The summed E-state index contributed by atoms with van der Waals surface area (Å²) in [4.78, 5) is 21.3. The van der Waals surface area contributed by atoms with Crippen molar-refractivity contribution in [3.8, 4) is 11.1 Å². The molecule has 0 heterocycles. The van der Waals surface area contributed by atoms with E-state index in [0.29, 0.717) is 5.56 Å². The Bertz CT molecular complexity index is 648. The molecule has 2 aromatic rings. The third-order valence-electron chi connectivity index (χ3n) is 3.48. The number of aldehydes is 1. The fraction of sp³-hybridized carbons (Fsp3) is 0.235. The van der Waals surface area contributed by atoms with E-state index >= 15 is 0 Å². The lowest BCUT2D eigenvalue weighted by molar-refractivity contribution is -0.384. The van der Waals surface area contributed by atoms with Crippen LogP contribution in [0.1, 0.15) is 35.7 Å². The number of nitrogens with zero attached hydrogens (tertiary/aromatic N) is 1. The van der Waals surface area contributed by atoms with E-state index in [2.05, 4.69) is 6.92 Å². The third kappa shape index (κ3) is 3.54. The lowest BCUT2D eigenvalue weighted by atomic mass is 9.96. The second kappa shape index (κ2) is 6.79. The highest BCUT2D eigenvalue weighted by atomic mass is 16.6. The quantitative estimate of drug-likeness (QED) is 0.448. The molecule has 0 atom stereocenters. The van der Waals surface area contributed by atoms with Gasteiger partial charge in [0.05, 0.1) is 4.92 Å². The van der Waals surface area contributed by atoms with Crippen molar-refractivity contribution in [1.82, 2.24) is 0 Å². The molecule has 0 fully saturated rings. The molecule has 4 nitrogen and oxygen atoms in total. The number of nitro benzene ring substituents is 1. The van der Waals surface area contributed by atoms with Crippen LogP contribution in [0.4, 0.5) is 5.69 Å². The van der Waals surface area contributed by atoms with E-state index in [1.807, 2.05) is 18.2 Å². The smallest absolute Gasteiger partial charge is 0.269 e. The average Bonchev–Trinajstić information content (AvgIpc) is 2.52. The zero-order valence-electron chi connectivity index (χ0n) is 11.9. The fourth-order valence-corrected chi connectivity index (χ4v) is 2.26.